The van der Waals surface area contributed by atoms with E-state index in [1.165, 1.54) is 9.80 Å². The highest BCUT2D eigenvalue weighted by Crippen LogP contribution is 2.40. The molecule has 0 aliphatic carbocycles. The Kier molecular flexibility index (Phi) is 7.30. The van der Waals surface area contributed by atoms with E-state index in [0.717, 1.165) is 22.4 Å². The number of amides is 2. The summed E-state index contributed by atoms with van der Waals surface area (Å²) in [5, 5.41) is 9.45. The first kappa shape index (κ1) is 25.5. The average molecular weight is 538 g/mol. The highest BCUT2D eigenvalue weighted by atomic mass is 32.2. The van der Waals surface area contributed by atoms with Crippen molar-refractivity contribution in [3.63, 3.8) is 0 Å². The molecule has 2 aliphatic heterocycles. The lowest BCUT2D eigenvalue weighted by Gasteiger charge is -2.36. The number of nitrogens with zero attached hydrogens (tertiary/aromatic N) is 1. The second-order valence-corrected chi connectivity index (χ2v) is 10.7. The Morgan fingerprint density at radius 3 is 2.15 bits per heavy atom. The zero-order valence-electron chi connectivity index (χ0n) is 21.1. The molecule has 2 amide bonds. The van der Waals surface area contributed by atoms with Crippen molar-refractivity contribution in [3.05, 3.63) is 131 Å². The molecule has 1 saturated heterocycles. The van der Waals surface area contributed by atoms with Crippen molar-refractivity contribution in [2.75, 3.05) is 10.7 Å². The van der Waals surface area contributed by atoms with Crippen LogP contribution in [0.25, 0.3) is 0 Å². The molecule has 2 aliphatic rings. The second kappa shape index (κ2) is 11.2. The molecular formula is C32H27NO5S. The van der Waals surface area contributed by atoms with E-state index >= 15 is 0 Å². The molecular weight excluding hydrogens is 510 g/mol. The number of carbonyl (C=O) groups excluding carboxylic acids is 2. The number of hydrogen-bond donors (Lipinski definition) is 1. The third kappa shape index (κ3) is 5.27. The molecule has 1 fully saturated rings. The molecule has 0 bridgehead atoms. The lowest BCUT2D eigenvalue weighted by molar-refractivity contribution is -0.245. The maximum atomic E-state index is 13.1. The number of thioether (sulfide) groups is 1. The number of fused-ring (bicyclic) bond motifs is 1. The van der Waals surface area contributed by atoms with Crippen LogP contribution in [0.5, 0.6) is 0 Å². The molecule has 6 rings (SSSR count). The van der Waals surface area contributed by atoms with Crippen molar-refractivity contribution in [1.82, 2.24) is 0 Å². The van der Waals surface area contributed by atoms with Crippen molar-refractivity contribution in [1.29, 1.82) is 0 Å². The van der Waals surface area contributed by atoms with Gasteiger partial charge < -0.3 is 14.6 Å². The monoisotopic (exact) mass is 537 g/mol. The zero-order chi connectivity index (χ0) is 26.8. The summed E-state index contributed by atoms with van der Waals surface area (Å²) >= 11 is 1.73. The maximum Gasteiger partial charge on any atom is 0.266 e. The molecule has 0 radical (unpaired) electrons. The van der Waals surface area contributed by atoms with Gasteiger partial charge >= 0.3 is 0 Å². The number of imide groups is 1. The number of aliphatic hydroxyl groups excluding tert-OH is 1. The van der Waals surface area contributed by atoms with Crippen LogP contribution in [0.15, 0.2) is 108 Å². The standard InChI is InChI=1S/C32H27NO5S/c34-19-21-13-15-22(16-14-21)29-18-25(20-39-26-9-2-1-3-10-26)37-32(38-29)23-7-6-8-24(17-23)33-30(35)27-11-4-5-12-28(27)31(33)36/h1-17,25,29,32,34H,18-20H2/t25-,29+,32+/m1/s1. The van der Waals surface area contributed by atoms with Crippen LogP contribution in [-0.2, 0) is 16.1 Å². The summed E-state index contributed by atoms with van der Waals surface area (Å²) in [7, 11) is 0. The number of carbonyl (C=O) groups is 2. The molecule has 0 spiro atoms. The molecule has 39 heavy (non-hydrogen) atoms. The van der Waals surface area contributed by atoms with Crippen molar-refractivity contribution in [3.8, 4) is 0 Å². The molecule has 7 heteroatoms. The van der Waals surface area contributed by atoms with Crippen molar-refractivity contribution in [2.45, 2.75) is 36.4 Å². The minimum atomic E-state index is -0.683. The van der Waals surface area contributed by atoms with E-state index in [1.54, 1.807) is 48.2 Å². The molecule has 0 aromatic heterocycles. The van der Waals surface area contributed by atoms with Gasteiger partial charge in [-0.2, -0.15) is 0 Å². The van der Waals surface area contributed by atoms with Gasteiger partial charge in [0.15, 0.2) is 6.29 Å². The average Bonchev–Trinajstić information content (AvgIpc) is 3.26. The number of ether oxygens (including phenoxy) is 2. The third-order valence-electron chi connectivity index (χ3n) is 6.99. The summed E-state index contributed by atoms with van der Waals surface area (Å²) in [6, 6.07) is 32.1. The Bertz CT molecular complexity index is 1460. The van der Waals surface area contributed by atoms with E-state index < -0.39 is 6.29 Å². The van der Waals surface area contributed by atoms with Crippen molar-refractivity contribution < 1.29 is 24.2 Å². The predicted molar refractivity (Wildman–Crippen MR) is 150 cm³/mol. The number of hydrogen-bond acceptors (Lipinski definition) is 6. The Labute approximate surface area is 231 Å². The van der Waals surface area contributed by atoms with Crippen LogP contribution in [0, 0.1) is 0 Å². The minimum Gasteiger partial charge on any atom is -0.392 e. The summed E-state index contributed by atoms with van der Waals surface area (Å²) < 4.78 is 12.9. The van der Waals surface area contributed by atoms with Crippen LogP contribution in [0.1, 0.15) is 56.2 Å². The first-order chi connectivity index (χ1) is 19.1. The molecule has 3 atom stereocenters. The molecule has 6 nitrogen and oxygen atoms in total. The SMILES string of the molecule is O=C1c2ccccc2C(=O)N1c1cccc([C@H]2O[C@@H](CSc3ccccc3)C[C@@H](c3ccc(CO)cc3)O2)c1. The molecule has 4 aromatic carbocycles. The molecule has 0 saturated carbocycles. The summed E-state index contributed by atoms with van der Waals surface area (Å²) in [4.78, 5) is 28.5. The number of aliphatic hydroxyl groups is 1. The fourth-order valence-electron chi connectivity index (χ4n) is 4.96. The lowest BCUT2D eigenvalue weighted by atomic mass is 10.0. The summed E-state index contributed by atoms with van der Waals surface area (Å²) in [6.07, 6.45) is -0.328. The van der Waals surface area contributed by atoms with Crippen LogP contribution in [0.3, 0.4) is 0 Å². The first-order valence-electron chi connectivity index (χ1n) is 12.9. The molecule has 196 valence electrons. The van der Waals surface area contributed by atoms with Crippen LogP contribution in [0.2, 0.25) is 0 Å². The van der Waals surface area contributed by atoms with Gasteiger partial charge in [0.1, 0.15) is 0 Å². The van der Waals surface area contributed by atoms with Gasteiger partial charge in [0.25, 0.3) is 11.8 Å². The van der Waals surface area contributed by atoms with E-state index in [-0.39, 0.29) is 30.6 Å². The number of rotatable bonds is 7. The van der Waals surface area contributed by atoms with E-state index in [2.05, 4.69) is 12.1 Å². The third-order valence-corrected chi connectivity index (χ3v) is 8.13. The normalized spacial score (nSPS) is 20.7. The van der Waals surface area contributed by atoms with Crippen LogP contribution in [0.4, 0.5) is 5.69 Å². The minimum absolute atomic E-state index is 0.0154. The van der Waals surface area contributed by atoms with E-state index in [4.69, 9.17) is 9.47 Å². The Morgan fingerprint density at radius 1 is 0.769 bits per heavy atom. The van der Waals surface area contributed by atoms with Gasteiger partial charge in [0, 0.05) is 22.6 Å². The summed E-state index contributed by atoms with van der Waals surface area (Å²) in [5.41, 5.74) is 3.87. The van der Waals surface area contributed by atoms with E-state index in [1.807, 2.05) is 54.6 Å². The van der Waals surface area contributed by atoms with Crippen LogP contribution >= 0.6 is 11.8 Å². The molecule has 4 aromatic rings. The van der Waals surface area contributed by atoms with Gasteiger partial charge in [0.05, 0.1) is 35.6 Å². The van der Waals surface area contributed by atoms with Gasteiger partial charge in [-0.3, -0.25) is 9.59 Å². The van der Waals surface area contributed by atoms with E-state index in [9.17, 15) is 14.7 Å². The Hall–Kier alpha value is -3.75. The topological polar surface area (TPSA) is 76.1 Å². The first-order valence-corrected chi connectivity index (χ1v) is 13.9. The second-order valence-electron chi connectivity index (χ2n) is 9.56. The maximum absolute atomic E-state index is 13.1. The fourth-order valence-corrected chi connectivity index (χ4v) is 5.91. The van der Waals surface area contributed by atoms with E-state index in [0.29, 0.717) is 23.2 Å². The van der Waals surface area contributed by atoms with Crippen LogP contribution < -0.4 is 4.90 Å². The zero-order valence-corrected chi connectivity index (χ0v) is 21.9. The van der Waals surface area contributed by atoms with Crippen LogP contribution in [-0.4, -0.2) is 28.8 Å². The van der Waals surface area contributed by atoms with Crippen molar-refractivity contribution in [2.24, 2.45) is 0 Å². The molecule has 0 unspecified atom stereocenters. The number of anilines is 1. The molecule has 2 heterocycles. The summed E-state index contributed by atoms with van der Waals surface area (Å²) in [6.45, 7) is -0.0154. The fraction of sp³-hybridized carbons (Fsp3) is 0.188. The van der Waals surface area contributed by atoms with Gasteiger partial charge in [-0.05, 0) is 47.5 Å². The highest BCUT2D eigenvalue weighted by Gasteiger charge is 2.37. The van der Waals surface area contributed by atoms with Crippen molar-refractivity contribution >= 4 is 29.3 Å². The number of benzene rings is 4. The largest absolute Gasteiger partial charge is 0.392 e. The smallest absolute Gasteiger partial charge is 0.266 e. The van der Waals surface area contributed by atoms with Gasteiger partial charge in [-0.15, -0.1) is 11.8 Å². The predicted octanol–water partition coefficient (Wildman–Crippen LogP) is 6.32. The van der Waals surface area contributed by atoms with Gasteiger partial charge in [-0.25, -0.2) is 4.90 Å². The Balaban J connectivity index is 1.27. The Morgan fingerprint density at radius 2 is 1.46 bits per heavy atom. The highest BCUT2D eigenvalue weighted by molar-refractivity contribution is 7.99. The molecule has 1 N–H and O–H groups in total. The summed E-state index contributed by atoms with van der Waals surface area (Å²) in [5.74, 6) is 0.0714. The van der Waals surface area contributed by atoms with Gasteiger partial charge in [-0.1, -0.05) is 66.7 Å². The lowest BCUT2D eigenvalue weighted by Crippen LogP contribution is -2.32. The van der Waals surface area contributed by atoms with Gasteiger partial charge in [0.2, 0.25) is 0 Å². The quantitative estimate of drug-likeness (QED) is 0.220.